The number of rotatable bonds is 8. The first kappa shape index (κ1) is 48.1. The van der Waals surface area contributed by atoms with Gasteiger partial charge < -0.3 is 74.4 Å². The Balaban J connectivity index is 0.999. The molecule has 0 radical (unpaired) electrons. The van der Waals surface area contributed by atoms with Gasteiger partial charge in [0, 0.05) is 0 Å². The molecule has 5 aliphatic carbocycles. The van der Waals surface area contributed by atoms with E-state index in [0.717, 1.165) is 51.4 Å². The van der Waals surface area contributed by atoms with Gasteiger partial charge in [0.15, 0.2) is 18.9 Å². The Morgan fingerprint density at radius 3 is 2.06 bits per heavy atom. The van der Waals surface area contributed by atoms with E-state index in [9.17, 15) is 50.8 Å². The largest absolute Gasteiger partial charge is 0.481 e. The number of hydrogen-bond acceptors (Lipinski definition) is 15. The third-order valence-electron chi connectivity index (χ3n) is 18.9. The molecule has 4 saturated carbocycles. The number of carbonyl (C=O) groups is 1. The molecule has 7 fully saturated rings. The Morgan fingerprint density at radius 2 is 1.38 bits per heavy atom. The van der Waals surface area contributed by atoms with Crippen LogP contribution >= 0.6 is 0 Å². The Morgan fingerprint density at radius 1 is 0.714 bits per heavy atom. The van der Waals surface area contributed by atoms with Crippen LogP contribution in [0.3, 0.4) is 0 Å². The van der Waals surface area contributed by atoms with E-state index < -0.39 is 104 Å². The second-order valence-electron chi connectivity index (χ2n) is 23.0. The van der Waals surface area contributed by atoms with Crippen LogP contribution in [0.25, 0.3) is 0 Å². The van der Waals surface area contributed by atoms with Crippen LogP contribution in [0.2, 0.25) is 0 Å². The van der Waals surface area contributed by atoms with E-state index in [2.05, 4.69) is 54.5 Å². The molecule has 0 aromatic heterocycles. The number of aliphatic hydroxyl groups excluding tert-OH is 8. The van der Waals surface area contributed by atoms with Gasteiger partial charge >= 0.3 is 5.97 Å². The number of carboxylic acid groups (broad SMARTS) is 1. The molecule has 0 aromatic rings. The predicted octanol–water partition coefficient (Wildman–Crippen LogP) is 2.37. The van der Waals surface area contributed by atoms with E-state index in [-0.39, 0.29) is 51.6 Å². The zero-order chi connectivity index (χ0) is 46.0. The molecule has 8 aliphatic rings. The molecule has 9 N–H and O–H groups in total. The maximum Gasteiger partial charge on any atom is 0.310 e. The van der Waals surface area contributed by atoms with Gasteiger partial charge in [0.05, 0.1) is 30.8 Å². The van der Waals surface area contributed by atoms with Gasteiger partial charge in [-0.3, -0.25) is 4.79 Å². The number of allylic oxidation sites excluding steroid dienone is 2. The van der Waals surface area contributed by atoms with E-state index >= 15 is 0 Å². The third kappa shape index (κ3) is 7.51. The van der Waals surface area contributed by atoms with Crippen LogP contribution in [-0.2, 0) is 33.2 Å². The lowest BCUT2D eigenvalue weighted by Gasteiger charge is -2.71. The summed E-state index contributed by atoms with van der Waals surface area (Å²) in [4.78, 5) is 13.1. The van der Waals surface area contributed by atoms with Gasteiger partial charge in [-0.05, 0) is 116 Å². The average Bonchev–Trinajstić information content (AvgIpc) is 3.21. The van der Waals surface area contributed by atoms with Crippen molar-refractivity contribution in [2.45, 2.75) is 212 Å². The molecular weight excluding hydrogens is 821 g/mol. The highest BCUT2D eigenvalue weighted by atomic mass is 16.8. The van der Waals surface area contributed by atoms with Crippen LogP contribution < -0.4 is 0 Å². The monoisotopic (exact) mass is 897 g/mol. The van der Waals surface area contributed by atoms with Crippen LogP contribution in [-0.4, -0.2) is 157 Å². The lowest BCUT2D eigenvalue weighted by atomic mass is 9.33. The molecule has 22 atom stereocenters. The van der Waals surface area contributed by atoms with E-state index in [1.54, 1.807) is 0 Å². The minimum atomic E-state index is -1.80. The summed E-state index contributed by atoms with van der Waals surface area (Å²) in [5.74, 6) is 0.0213. The number of hydrogen-bond donors (Lipinski definition) is 9. The first-order chi connectivity index (χ1) is 29.4. The molecule has 16 heteroatoms. The summed E-state index contributed by atoms with van der Waals surface area (Å²) in [5.41, 5.74) is 0.208. The second-order valence-corrected chi connectivity index (χ2v) is 23.0. The van der Waals surface area contributed by atoms with Gasteiger partial charge in [0.2, 0.25) is 0 Å². The fraction of sp³-hybridized carbons (Fsp3) is 0.936. The van der Waals surface area contributed by atoms with Gasteiger partial charge in [-0.25, -0.2) is 0 Å². The molecule has 16 nitrogen and oxygen atoms in total. The fourth-order valence-corrected chi connectivity index (χ4v) is 14.8. The van der Waals surface area contributed by atoms with Gasteiger partial charge in [-0.1, -0.05) is 60.1 Å². The van der Waals surface area contributed by atoms with E-state index in [1.165, 1.54) is 12.5 Å². The summed E-state index contributed by atoms with van der Waals surface area (Å²) < 4.78 is 36.3. The molecule has 360 valence electrons. The second kappa shape index (κ2) is 16.7. The van der Waals surface area contributed by atoms with Gasteiger partial charge in [0.25, 0.3) is 0 Å². The molecule has 8 rings (SSSR count). The molecule has 3 aliphatic heterocycles. The van der Waals surface area contributed by atoms with Crippen molar-refractivity contribution in [3.05, 3.63) is 11.6 Å². The van der Waals surface area contributed by atoms with Crippen LogP contribution in [0.1, 0.15) is 120 Å². The molecule has 0 unspecified atom stereocenters. The van der Waals surface area contributed by atoms with Crippen molar-refractivity contribution in [1.29, 1.82) is 0 Å². The zero-order valence-electron chi connectivity index (χ0n) is 38.3. The SMILES string of the molecule is C[C@@H]1O[C@H](O[C@@H]2[C@H](O[C@@H]3CC[C@@]4(C)[C@H](CC[C@]5(C)[C@@H]4CC=C4[C@@H]6CC(C)(C)CC[C@@]6(C(=O)O)CC[C@@]45C)C3(C)C)OC[C@H](O)[C@@H]2O)[C@H](O)[C@@H](O[C@H]2O[C@@H](CO)[C@H](O)[C@@H](O)[C@@H]2O)[C@@H]1O. The van der Waals surface area contributed by atoms with Crippen LogP contribution in [0, 0.1) is 50.2 Å². The number of ether oxygens (including phenoxy) is 6. The van der Waals surface area contributed by atoms with Crippen molar-refractivity contribution in [2.75, 3.05) is 13.2 Å². The van der Waals surface area contributed by atoms with Crippen LogP contribution in [0.15, 0.2) is 11.6 Å². The average molecular weight is 897 g/mol. The highest BCUT2D eigenvalue weighted by Crippen LogP contribution is 2.76. The molecule has 3 heterocycles. The van der Waals surface area contributed by atoms with Crippen molar-refractivity contribution in [3.63, 3.8) is 0 Å². The Kier molecular flexibility index (Phi) is 12.8. The zero-order valence-corrected chi connectivity index (χ0v) is 38.3. The minimum absolute atomic E-state index is 0.0278. The number of fused-ring (bicyclic) bond motifs is 7. The molecule has 0 bridgehead atoms. The summed E-state index contributed by atoms with van der Waals surface area (Å²) in [7, 11) is 0. The summed E-state index contributed by atoms with van der Waals surface area (Å²) in [6.07, 6.45) is -10.3. The lowest BCUT2D eigenvalue weighted by Crippen LogP contribution is -2.66. The third-order valence-corrected chi connectivity index (χ3v) is 18.9. The predicted molar refractivity (Wildman–Crippen MR) is 223 cm³/mol. The van der Waals surface area contributed by atoms with Gasteiger partial charge in [-0.15, -0.1) is 0 Å². The Hall–Kier alpha value is -1.35. The molecular formula is C47H76O16. The topological polar surface area (TPSA) is 255 Å². The van der Waals surface area contributed by atoms with Crippen molar-refractivity contribution < 1.29 is 79.2 Å². The van der Waals surface area contributed by atoms with E-state index in [0.29, 0.717) is 18.8 Å². The smallest absolute Gasteiger partial charge is 0.310 e. The Bertz CT molecular complexity index is 1720. The first-order valence-corrected chi connectivity index (χ1v) is 23.6. The molecule has 0 amide bonds. The number of carboxylic acids is 1. The lowest BCUT2D eigenvalue weighted by molar-refractivity contribution is -0.382. The van der Waals surface area contributed by atoms with E-state index in [1.807, 2.05) is 0 Å². The highest BCUT2D eigenvalue weighted by molar-refractivity contribution is 5.76. The van der Waals surface area contributed by atoms with Crippen molar-refractivity contribution in [3.8, 4) is 0 Å². The van der Waals surface area contributed by atoms with Crippen molar-refractivity contribution in [1.82, 2.24) is 0 Å². The molecule has 0 aromatic carbocycles. The summed E-state index contributed by atoms with van der Waals surface area (Å²) in [6, 6.07) is 0. The maximum atomic E-state index is 13.1. The number of aliphatic carboxylic acids is 1. The number of aliphatic hydroxyl groups is 8. The first-order valence-electron chi connectivity index (χ1n) is 23.6. The van der Waals surface area contributed by atoms with Crippen LogP contribution in [0.5, 0.6) is 0 Å². The Labute approximate surface area is 371 Å². The van der Waals surface area contributed by atoms with Crippen molar-refractivity contribution >= 4 is 5.97 Å². The van der Waals surface area contributed by atoms with Crippen LogP contribution in [0.4, 0.5) is 0 Å². The highest BCUT2D eigenvalue weighted by Gasteiger charge is 2.70. The molecule has 0 spiro atoms. The van der Waals surface area contributed by atoms with E-state index in [4.69, 9.17) is 28.4 Å². The molecule has 63 heavy (non-hydrogen) atoms. The summed E-state index contributed by atoms with van der Waals surface area (Å²) >= 11 is 0. The summed E-state index contributed by atoms with van der Waals surface area (Å²) in [5, 5.41) is 96.4. The molecule has 3 saturated heterocycles. The van der Waals surface area contributed by atoms with Gasteiger partial charge in [-0.2, -0.15) is 0 Å². The summed E-state index contributed by atoms with van der Waals surface area (Å²) in [6.45, 7) is 17.0. The fourth-order valence-electron chi connectivity index (χ4n) is 14.8. The quantitative estimate of drug-likeness (QED) is 0.125. The van der Waals surface area contributed by atoms with Gasteiger partial charge in [0.1, 0.15) is 61.0 Å². The van der Waals surface area contributed by atoms with Crippen molar-refractivity contribution in [2.24, 2.45) is 50.2 Å². The standard InChI is InChI=1S/C47H76O16/c1-22-30(50)36(62-38-34(54)33(53)32(52)26(20-48)60-38)35(55)39(59-22)63-37-31(51)25(49)21-58-40(37)61-29-12-13-44(6)27(43(29,4)5)11-14-46(8)28(44)10-9-23-24-19-42(2,3)15-17-47(24,41(56)57)18-16-45(23,46)7/h9,22,24-40,48-55H,10-21H2,1-8H3,(H,56,57)/t22-,24-,25-,26-,27+,28+,29+,30+,31-,32-,33+,34-,35+,36-,37-,38+,39+,40-,44-,45-,46+,47+/m0/s1. The maximum absolute atomic E-state index is 13.1. The minimum Gasteiger partial charge on any atom is -0.481 e. The normalized spacial score (nSPS) is 54.1.